The van der Waals surface area contributed by atoms with Crippen LogP contribution in [0, 0.1) is 6.92 Å². The van der Waals surface area contributed by atoms with Crippen molar-refractivity contribution in [1.82, 2.24) is 0 Å². The second kappa shape index (κ2) is 7.65. The summed E-state index contributed by atoms with van der Waals surface area (Å²) >= 11 is 0. The molecule has 0 aliphatic carbocycles. The summed E-state index contributed by atoms with van der Waals surface area (Å²) in [7, 11) is -10.7. The fraction of sp³-hybridized carbons (Fsp3) is 0.0667. The molecule has 0 aromatic heterocycles. The standard InChI is InChI=1S/C8H8O.C7H7NO.F6P/c1-7-2-4-8(6-9)5-3-7;8-7-3-1-6(5-9)2-4-7;1-7(2,3,4,5)6/h2-6H,1H3;1-5H,8H2;/q;;-1. The van der Waals surface area contributed by atoms with Crippen molar-refractivity contribution in [3.8, 4) is 0 Å². The second-order valence-corrected chi connectivity index (χ2v) is 6.69. The van der Waals surface area contributed by atoms with Gasteiger partial charge in [0.25, 0.3) is 0 Å². The predicted octanol–water partition coefficient (Wildman–Crippen LogP) is 6.27. The maximum absolute atomic E-state index is 10.7. The number of halogens is 6. The molecule has 0 amide bonds. The molecule has 25 heavy (non-hydrogen) atoms. The van der Waals surface area contributed by atoms with Crippen LogP contribution in [0.4, 0.5) is 30.9 Å². The third-order valence-corrected chi connectivity index (χ3v) is 2.29. The topological polar surface area (TPSA) is 60.2 Å². The van der Waals surface area contributed by atoms with Crippen molar-refractivity contribution in [3.05, 3.63) is 65.2 Å². The molecule has 0 bridgehead atoms. The van der Waals surface area contributed by atoms with Crippen molar-refractivity contribution < 1.29 is 34.8 Å². The summed E-state index contributed by atoms with van der Waals surface area (Å²) in [6.45, 7) is 1.99. The Morgan fingerprint density at radius 3 is 1.28 bits per heavy atom. The third kappa shape index (κ3) is 17.8. The van der Waals surface area contributed by atoms with E-state index in [0.29, 0.717) is 11.3 Å². The molecule has 0 aliphatic heterocycles. The molecule has 2 aromatic carbocycles. The van der Waals surface area contributed by atoms with E-state index in [-0.39, 0.29) is 0 Å². The van der Waals surface area contributed by atoms with Crippen molar-refractivity contribution in [2.75, 3.05) is 5.73 Å². The molecule has 0 heterocycles. The van der Waals surface area contributed by atoms with E-state index in [1.807, 2.05) is 31.2 Å². The number of nitrogen functional groups attached to an aromatic ring is 1. The Kier molecular flexibility index (Phi) is 6.91. The number of aryl methyl sites for hydroxylation is 1. The Labute approximate surface area is 139 Å². The van der Waals surface area contributed by atoms with Crippen LogP contribution in [-0.4, -0.2) is 12.6 Å². The van der Waals surface area contributed by atoms with Crippen LogP contribution >= 0.6 is 7.81 Å². The van der Waals surface area contributed by atoms with E-state index in [1.165, 1.54) is 5.56 Å². The molecule has 2 aromatic rings. The van der Waals surface area contributed by atoms with Crippen molar-refractivity contribution in [2.24, 2.45) is 0 Å². The molecule has 3 nitrogen and oxygen atoms in total. The van der Waals surface area contributed by atoms with Crippen LogP contribution in [0.3, 0.4) is 0 Å². The Bertz CT molecular complexity index is 637. The fourth-order valence-corrected chi connectivity index (χ4v) is 1.22. The van der Waals surface area contributed by atoms with Gasteiger partial charge in [-0.05, 0) is 31.2 Å². The maximum atomic E-state index is 10.1. The van der Waals surface area contributed by atoms with Gasteiger partial charge in [-0.2, -0.15) is 0 Å². The molecule has 0 atom stereocenters. The smallest absolute Gasteiger partial charge is 0.150 e. The minimum absolute atomic E-state index is 0.657. The summed E-state index contributed by atoms with van der Waals surface area (Å²) in [6, 6.07) is 14.2. The summed E-state index contributed by atoms with van der Waals surface area (Å²) in [5.74, 6) is 0. The minimum Gasteiger partial charge on any atom is -0.399 e. The molecule has 0 saturated heterocycles. The number of hydrogen-bond acceptors (Lipinski definition) is 3. The summed E-state index contributed by atoms with van der Waals surface area (Å²) in [5, 5.41) is 0. The Morgan fingerprint density at radius 1 is 0.720 bits per heavy atom. The summed E-state index contributed by atoms with van der Waals surface area (Å²) in [4.78, 5) is 20.2. The monoisotopic (exact) mass is 386 g/mol. The number of carbonyl (C=O) groups is 2. The normalized spacial score (nSPS) is 12.9. The first-order valence-electron chi connectivity index (χ1n) is 6.49. The van der Waals surface area contributed by atoms with Gasteiger partial charge in [-0.25, -0.2) is 0 Å². The van der Waals surface area contributed by atoms with Crippen LogP contribution in [0.5, 0.6) is 0 Å². The zero-order chi connectivity index (χ0) is 19.8. The number of rotatable bonds is 2. The Balaban J connectivity index is 0.000000350. The molecule has 2 N–H and O–H groups in total. The van der Waals surface area contributed by atoms with E-state index >= 15 is 0 Å². The van der Waals surface area contributed by atoms with Crippen LogP contribution in [0.1, 0.15) is 26.3 Å². The first kappa shape index (κ1) is 22.6. The average Bonchev–Trinajstić information content (AvgIpc) is 2.46. The Morgan fingerprint density at radius 2 is 1.00 bits per heavy atom. The number of anilines is 1. The van der Waals surface area contributed by atoms with E-state index < -0.39 is 7.81 Å². The van der Waals surface area contributed by atoms with E-state index in [4.69, 9.17) is 5.73 Å². The number of hydrogen-bond donors (Lipinski definition) is 1. The van der Waals surface area contributed by atoms with Gasteiger partial charge in [0.05, 0.1) is 0 Å². The van der Waals surface area contributed by atoms with Gasteiger partial charge in [-0.1, -0.05) is 29.8 Å². The van der Waals surface area contributed by atoms with Crippen molar-refractivity contribution in [2.45, 2.75) is 6.92 Å². The van der Waals surface area contributed by atoms with Gasteiger partial charge in [-0.3, -0.25) is 9.59 Å². The first-order valence-corrected chi connectivity index (χ1v) is 8.52. The molecular weight excluding hydrogens is 371 g/mol. The minimum atomic E-state index is -10.7. The molecule has 0 saturated carbocycles. The molecule has 0 fully saturated rings. The SMILES string of the molecule is Cc1ccc(C=O)cc1.F[P-](F)(F)(F)(F)F.Nc1ccc(C=O)cc1. The largest absolute Gasteiger partial charge is 0.399 e. The van der Waals surface area contributed by atoms with Gasteiger partial charge >= 0.3 is 33.0 Å². The molecule has 10 heteroatoms. The molecule has 0 aliphatic rings. The number of nitrogens with two attached hydrogens (primary N) is 1. The van der Waals surface area contributed by atoms with Crippen LogP contribution in [0.25, 0.3) is 0 Å². The van der Waals surface area contributed by atoms with Gasteiger partial charge < -0.3 is 5.73 Å². The van der Waals surface area contributed by atoms with Crippen LogP contribution in [0.2, 0.25) is 0 Å². The van der Waals surface area contributed by atoms with Crippen molar-refractivity contribution in [1.29, 1.82) is 0 Å². The van der Waals surface area contributed by atoms with Gasteiger partial charge in [0.1, 0.15) is 12.6 Å². The summed E-state index contributed by atoms with van der Waals surface area (Å²) in [6.07, 6.45) is 1.64. The van der Waals surface area contributed by atoms with Gasteiger partial charge in [0.15, 0.2) is 0 Å². The number of carbonyl (C=O) groups excluding carboxylic acids is 2. The molecule has 2 rings (SSSR count). The molecular formula is C15H15F6NO2P-. The van der Waals surface area contributed by atoms with Gasteiger partial charge in [-0.15, -0.1) is 0 Å². The Hall–Kier alpha value is -2.41. The van der Waals surface area contributed by atoms with E-state index in [1.54, 1.807) is 24.3 Å². The van der Waals surface area contributed by atoms with E-state index in [2.05, 4.69) is 0 Å². The molecule has 140 valence electrons. The third-order valence-electron chi connectivity index (χ3n) is 2.29. The summed E-state index contributed by atoms with van der Waals surface area (Å²) < 4.78 is 59.2. The predicted molar refractivity (Wildman–Crippen MR) is 86.4 cm³/mol. The zero-order valence-electron chi connectivity index (χ0n) is 12.9. The van der Waals surface area contributed by atoms with Crippen LogP contribution in [0.15, 0.2) is 48.5 Å². The first-order chi connectivity index (χ1) is 11.1. The molecule has 0 spiro atoms. The number of benzene rings is 2. The van der Waals surface area contributed by atoms with E-state index in [9.17, 15) is 34.8 Å². The average molecular weight is 386 g/mol. The zero-order valence-corrected chi connectivity index (χ0v) is 13.8. The van der Waals surface area contributed by atoms with Crippen LogP contribution in [-0.2, 0) is 0 Å². The van der Waals surface area contributed by atoms with Crippen molar-refractivity contribution in [3.63, 3.8) is 0 Å². The molecule has 0 radical (unpaired) electrons. The van der Waals surface area contributed by atoms with Gasteiger partial charge in [0, 0.05) is 16.8 Å². The van der Waals surface area contributed by atoms with Gasteiger partial charge in [0.2, 0.25) is 0 Å². The second-order valence-electron chi connectivity index (χ2n) is 4.77. The summed E-state index contributed by atoms with van der Waals surface area (Å²) in [5.41, 5.74) is 8.62. The van der Waals surface area contributed by atoms with Crippen molar-refractivity contribution >= 4 is 26.1 Å². The fourth-order valence-electron chi connectivity index (χ4n) is 1.22. The van der Waals surface area contributed by atoms with E-state index in [0.717, 1.165) is 18.1 Å². The maximum Gasteiger partial charge on any atom is 0.150 e. The number of aldehydes is 2. The van der Waals surface area contributed by atoms with Crippen LogP contribution < -0.4 is 5.73 Å². The quantitative estimate of drug-likeness (QED) is 0.286. The molecule has 0 unspecified atom stereocenters.